The number of amides is 1. The Morgan fingerprint density at radius 3 is 2.35 bits per heavy atom. The number of aromatic nitrogens is 1. The minimum atomic E-state index is -0.0386. The van der Waals surface area contributed by atoms with Crippen molar-refractivity contribution in [2.45, 2.75) is 32.4 Å². The third-order valence-corrected chi connectivity index (χ3v) is 6.05. The van der Waals surface area contributed by atoms with Crippen molar-refractivity contribution < 1.29 is 4.79 Å². The Bertz CT molecular complexity index is 1310. The first-order valence-corrected chi connectivity index (χ1v) is 10.6. The van der Waals surface area contributed by atoms with Crippen LogP contribution in [0.3, 0.4) is 0 Å². The molecule has 0 spiro atoms. The number of aryl methyl sites for hydroxylation is 1. The standard InChI is InChI=1S/C27H24N2O2/c1-18-11-12-23-25(13-18)29(16-24(27(23)31)19-7-3-2-4-8-19)17-26(30)28-22-14-20-9-5-6-10-21(20)15-22/h2-13,16,22H,14-15,17H2,1H3,(H,28,30). The summed E-state index contributed by atoms with van der Waals surface area (Å²) >= 11 is 0. The fourth-order valence-corrected chi connectivity index (χ4v) is 4.54. The van der Waals surface area contributed by atoms with Crippen LogP contribution < -0.4 is 10.7 Å². The monoisotopic (exact) mass is 408 g/mol. The summed E-state index contributed by atoms with van der Waals surface area (Å²) in [5.41, 5.74) is 5.92. The number of hydrogen-bond acceptors (Lipinski definition) is 2. The number of carbonyl (C=O) groups excluding carboxylic acids is 1. The highest BCUT2D eigenvalue weighted by molar-refractivity contribution is 5.86. The molecule has 4 nitrogen and oxygen atoms in total. The molecule has 3 aromatic carbocycles. The maximum Gasteiger partial charge on any atom is 0.240 e. The lowest BCUT2D eigenvalue weighted by Gasteiger charge is -2.16. The first-order chi connectivity index (χ1) is 15.1. The van der Waals surface area contributed by atoms with E-state index in [-0.39, 0.29) is 23.9 Å². The molecule has 0 saturated heterocycles. The minimum Gasteiger partial charge on any atom is -0.351 e. The van der Waals surface area contributed by atoms with Gasteiger partial charge in [0.25, 0.3) is 0 Å². The normalized spacial score (nSPS) is 13.3. The molecular weight excluding hydrogens is 384 g/mol. The van der Waals surface area contributed by atoms with Crippen LogP contribution in [0.15, 0.2) is 83.8 Å². The smallest absolute Gasteiger partial charge is 0.240 e. The molecule has 4 aromatic rings. The second-order valence-corrected chi connectivity index (χ2v) is 8.33. The molecule has 0 unspecified atom stereocenters. The molecule has 1 heterocycles. The Balaban J connectivity index is 1.47. The van der Waals surface area contributed by atoms with E-state index < -0.39 is 0 Å². The summed E-state index contributed by atoms with van der Waals surface area (Å²) < 4.78 is 1.91. The van der Waals surface area contributed by atoms with E-state index in [1.807, 2.05) is 78.4 Å². The van der Waals surface area contributed by atoms with Gasteiger partial charge in [-0.3, -0.25) is 9.59 Å². The molecule has 154 valence electrons. The van der Waals surface area contributed by atoms with Crippen LogP contribution >= 0.6 is 0 Å². The van der Waals surface area contributed by atoms with Gasteiger partial charge in [0.2, 0.25) is 5.91 Å². The van der Waals surface area contributed by atoms with Crippen LogP contribution in [0.1, 0.15) is 16.7 Å². The molecule has 4 heteroatoms. The average molecular weight is 409 g/mol. The molecule has 1 N–H and O–H groups in total. The number of carbonyl (C=O) groups is 1. The van der Waals surface area contributed by atoms with Crippen molar-refractivity contribution in [2.24, 2.45) is 0 Å². The van der Waals surface area contributed by atoms with E-state index >= 15 is 0 Å². The van der Waals surface area contributed by atoms with E-state index in [1.165, 1.54) is 11.1 Å². The van der Waals surface area contributed by atoms with Crippen LogP contribution in [-0.4, -0.2) is 16.5 Å². The summed E-state index contributed by atoms with van der Waals surface area (Å²) in [6.45, 7) is 2.17. The molecule has 5 rings (SSSR count). The van der Waals surface area contributed by atoms with Gasteiger partial charge in [0, 0.05) is 23.2 Å². The van der Waals surface area contributed by atoms with Gasteiger partial charge in [-0.2, -0.15) is 0 Å². The van der Waals surface area contributed by atoms with Crippen molar-refractivity contribution in [2.75, 3.05) is 0 Å². The molecule has 0 saturated carbocycles. The van der Waals surface area contributed by atoms with Gasteiger partial charge >= 0.3 is 0 Å². The Morgan fingerprint density at radius 2 is 1.65 bits per heavy atom. The number of nitrogens with zero attached hydrogens (tertiary/aromatic N) is 1. The van der Waals surface area contributed by atoms with Crippen LogP contribution in [0.2, 0.25) is 0 Å². The largest absolute Gasteiger partial charge is 0.351 e. The lowest BCUT2D eigenvalue weighted by molar-refractivity contribution is -0.122. The zero-order valence-corrected chi connectivity index (χ0v) is 17.5. The minimum absolute atomic E-state index is 0.0101. The van der Waals surface area contributed by atoms with Gasteiger partial charge in [-0.05, 0) is 54.2 Å². The number of pyridine rings is 1. The Hall–Kier alpha value is -3.66. The molecule has 0 fully saturated rings. The molecule has 31 heavy (non-hydrogen) atoms. The van der Waals surface area contributed by atoms with Crippen LogP contribution in [0.4, 0.5) is 0 Å². The topological polar surface area (TPSA) is 51.1 Å². The van der Waals surface area contributed by atoms with Crippen molar-refractivity contribution in [3.05, 3.63) is 106 Å². The van der Waals surface area contributed by atoms with Crippen molar-refractivity contribution >= 4 is 16.8 Å². The number of nitrogens with one attached hydrogen (secondary N) is 1. The number of hydrogen-bond donors (Lipinski definition) is 1. The predicted octanol–water partition coefficient (Wildman–Crippen LogP) is 4.26. The maximum atomic E-state index is 13.2. The number of fused-ring (bicyclic) bond motifs is 2. The Kier molecular flexibility index (Phi) is 4.91. The van der Waals surface area contributed by atoms with Gasteiger partial charge < -0.3 is 9.88 Å². The summed E-state index contributed by atoms with van der Waals surface area (Å²) in [6, 6.07) is 23.9. The predicted molar refractivity (Wildman–Crippen MR) is 124 cm³/mol. The Morgan fingerprint density at radius 1 is 0.968 bits per heavy atom. The van der Waals surface area contributed by atoms with Crippen LogP contribution in [-0.2, 0) is 24.2 Å². The lowest BCUT2D eigenvalue weighted by Crippen LogP contribution is -2.37. The fourth-order valence-electron chi connectivity index (χ4n) is 4.54. The van der Waals surface area contributed by atoms with Gasteiger partial charge in [0.05, 0.1) is 5.52 Å². The van der Waals surface area contributed by atoms with E-state index in [1.54, 1.807) is 0 Å². The molecule has 0 aliphatic heterocycles. The van der Waals surface area contributed by atoms with Crippen LogP contribution in [0.25, 0.3) is 22.0 Å². The lowest BCUT2D eigenvalue weighted by atomic mass is 10.0. The first-order valence-electron chi connectivity index (χ1n) is 10.6. The molecule has 0 atom stereocenters. The van der Waals surface area contributed by atoms with E-state index in [9.17, 15) is 9.59 Å². The maximum absolute atomic E-state index is 13.2. The van der Waals surface area contributed by atoms with Gasteiger partial charge in [-0.15, -0.1) is 0 Å². The molecule has 0 radical (unpaired) electrons. The van der Waals surface area contributed by atoms with E-state index in [0.717, 1.165) is 29.5 Å². The van der Waals surface area contributed by atoms with Crippen molar-refractivity contribution in [1.29, 1.82) is 0 Å². The van der Waals surface area contributed by atoms with Crippen molar-refractivity contribution in [3.63, 3.8) is 0 Å². The highest BCUT2D eigenvalue weighted by atomic mass is 16.2. The second kappa shape index (κ2) is 7.88. The molecule has 0 bridgehead atoms. The van der Waals surface area contributed by atoms with E-state index in [2.05, 4.69) is 17.4 Å². The zero-order chi connectivity index (χ0) is 21.4. The van der Waals surface area contributed by atoms with Gasteiger partial charge in [0.1, 0.15) is 6.54 Å². The highest BCUT2D eigenvalue weighted by Gasteiger charge is 2.22. The van der Waals surface area contributed by atoms with Gasteiger partial charge in [0.15, 0.2) is 5.43 Å². The summed E-state index contributed by atoms with van der Waals surface area (Å²) in [5.74, 6) is -0.0386. The highest BCUT2D eigenvalue weighted by Crippen LogP contribution is 2.23. The van der Waals surface area contributed by atoms with Crippen molar-refractivity contribution in [3.8, 4) is 11.1 Å². The summed E-state index contributed by atoms with van der Waals surface area (Å²) in [4.78, 5) is 26.1. The quantitative estimate of drug-likeness (QED) is 0.549. The molecule has 1 aromatic heterocycles. The summed E-state index contributed by atoms with van der Waals surface area (Å²) in [7, 11) is 0. The zero-order valence-electron chi connectivity index (χ0n) is 17.5. The summed E-state index contributed by atoms with van der Waals surface area (Å²) in [6.07, 6.45) is 3.55. The molecular formula is C27H24N2O2. The molecule has 1 aliphatic rings. The second-order valence-electron chi connectivity index (χ2n) is 8.33. The fraction of sp³-hybridized carbons (Fsp3) is 0.185. The van der Waals surface area contributed by atoms with E-state index in [4.69, 9.17) is 0 Å². The van der Waals surface area contributed by atoms with Gasteiger partial charge in [-0.25, -0.2) is 0 Å². The Labute approximate surface area is 181 Å². The third-order valence-electron chi connectivity index (χ3n) is 6.05. The van der Waals surface area contributed by atoms with E-state index in [0.29, 0.717) is 10.9 Å². The number of benzene rings is 3. The van der Waals surface area contributed by atoms with Gasteiger partial charge in [-0.1, -0.05) is 60.7 Å². The first kappa shape index (κ1) is 19.3. The molecule has 1 aliphatic carbocycles. The van der Waals surface area contributed by atoms with Crippen molar-refractivity contribution in [1.82, 2.24) is 9.88 Å². The third kappa shape index (κ3) is 3.77. The van der Waals surface area contributed by atoms with Crippen LogP contribution in [0.5, 0.6) is 0 Å². The SMILES string of the molecule is Cc1ccc2c(=O)c(-c3ccccc3)cn(CC(=O)NC3Cc4ccccc4C3)c2c1. The average Bonchev–Trinajstić information content (AvgIpc) is 3.18. The van der Waals surface area contributed by atoms with Crippen LogP contribution in [0, 0.1) is 6.92 Å². The summed E-state index contributed by atoms with van der Waals surface area (Å²) in [5, 5.41) is 3.82. The molecule has 1 amide bonds. The number of rotatable bonds is 4.